The lowest BCUT2D eigenvalue weighted by Gasteiger charge is -2.08. The smallest absolute Gasteiger partial charge is 0.335 e. The molecular formula is C12H14BrNO4. The van der Waals surface area contributed by atoms with Crippen LogP contribution in [0.1, 0.15) is 23.7 Å². The van der Waals surface area contributed by atoms with Crippen LogP contribution < -0.4 is 10.1 Å². The van der Waals surface area contributed by atoms with Gasteiger partial charge in [0.05, 0.1) is 23.1 Å². The number of carbonyl (C=O) groups is 2. The Bertz CT molecular complexity index is 448. The highest BCUT2D eigenvalue weighted by Gasteiger charge is 2.08. The van der Waals surface area contributed by atoms with Gasteiger partial charge in [0.2, 0.25) is 5.91 Å². The molecule has 0 aliphatic rings. The maximum Gasteiger partial charge on any atom is 0.335 e. The van der Waals surface area contributed by atoms with Gasteiger partial charge in [-0.1, -0.05) is 0 Å². The number of aromatic carboxylic acids is 1. The minimum Gasteiger partial charge on any atom is -0.492 e. The molecule has 1 amide bonds. The van der Waals surface area contributed by atoms with E-state index < -0.39 is 5.97 Å². The van der Waals surface area contributed by atoms with Crippen molar-refractivity contribution in [2.24, 2.45) is 0 Å². The minimum absolute atomic E-state index is 0.0944. The van der Waals surface area contributed by atoms with Gasteiger partial charge in [-0.25, -0.2) is 4.79 Å². The quantitative estimate of drug-likeness (QED) is 0.842. The van der Waals surface area contributed by atoms with Gasteiger partial charge in [0.15, 0.2) is 0 Å². The Hall–Kier alpha value is -1.56. The Morgan fingerprint density at radius 3 is 2.78 bits per heavy atom. The van der Waals surface area contributed by atoms with E-state index in [1.807, 2.05) is 6.92 Å². The zero-order valence-electron chi connectivity index (χ0n) is 9.90. The van der Waals surface area contributed by atoms with Crippen molar-refractivity contribution < 1.29 is 19.4 Å². The molecule has 0 saturated heterocycles. The summed E-state index contributed by atoms with van der Waals surface area (Å²) in [5.74, 6) is -0.696. The molecule has 0 aliphatic heterocycles. The number of benzene rings is 1. The van der Waals surface area contributed by atoms with Crippen LogP contribution in [-0.4, -0.2) is 30.1 Å². The first-order chi connectivity index (χ1) is 8.54. The van der Waals surface area contributed by atoms with Gasteiger partial charge < -0.3 is 15.2 Å². The van der Waals surface area contributed by atoms with Crippen LogP contribution in [-0.2, 0) is 4.79 Å². The molecule has 1 aromatic carbocycles. The molecule has 0 atom stereocenters. The van der Waals surface area contributed by atoms with Crippen molar-refractivity contribution >= 4 is 27.8 Å². The highest BCUT2D eigenvalue weighted by atomic mass is 79.9. The number of nitrogens with one attached hydrogen (secondary N) is 1. The van der Waals surface area contributed by atoms with Gasteiger partial charge >= 0.3 is 5.97 Å². The Kier molecular flexibility index (Phi) is 5.64. The highest BCUT2D eigenvalue weighted by Crippen LogP contribution is 2.26. The van der Waals surface area contributed by atoms with E-state index in [1.54, 1.807) is 6.07 Å². The van der Waals surface area contributed by atoms with Crippen molar-refractivity contribution in [1.82, 2.24) is 5.32 Å². The standard InChI is InChI=1S/C12H14BrNO4/c1-2-14-11(15)5-6-18-10-7-8(12(16)17)3-4-9(10)13/h3-4,7H,2,5-6H2,1H3,(H,14,15)(H,16,17). The van der Waals surface area contributed by atoms with Crippen LogP contribution in [0.4, 0.5) is 0 Å². The number of hydrogen-bond donors (Lipinski definition) is 2. The van der Waals surface area contributed by atoms with Crippen molar-refractivity contribution in [3.05, 3.63) is 28.2 Å². The fourth-order valence-electron chi connectivity index (χ4n) is 1.29. The number of carboxylic acid groups (broad SMARTS) is 1. The van der Waals surface area contributed by atoms with Crippen molar-refractivity contribution in [1.29, 1.82) is 0 Å². The maximum atomic E-state index is 11.2. The zero-order valence-corrected chi connectivity index (χ0v) is 11.5. The molecule has 0 unspecified atom stereocenters. The SMILES string of the molecule is CCNC(=O)CCOc1cc(C(=O)O)ccc1Br. The first-order valence-corrected chi connectivity index (χ1v) is 6.26. The van der Waals surface area contributed by atoms with E-state index >= 15 is 0 Å². The first-order valence-electron chi connectivity index (χ1n) is 5.47. The van der Waals surface area contributed by atoms with E-state index in [-0.39, 0.29) is 24.5 Å². The summed E-state index contributed by atoms with van der Waals surface area (Å²) in [5.41, 5.74) is 0.145. The average molecular weight is 316 g/mol. The van der Waals surface area contributed by atoms with Gasteiger partial charge in [0, 0.05) is 6.54 Å². The van der Waals surface area contributed by atoms with Crippen LogP contribution in [0.25, 0.3) is 0 Å². The molecule has 0 aliphatic carbocycles. The summed E-state index contributed by atoms with van der Waals surface area (Å²) in [6.07, 6.45) is 0.234. The number of halogens is 1. The number of ether oxygens (including phenoxy) is 1. The lowest BCUT2D eigenvalue weighted by molar-refractivity contribution is -0.121. The molecule has 2 N–H and O–H groups in total. The normalized spacial score (nSPS) is 9.89. The molecule has 6 heteroatoms. The molecular weight excluding hydrogens is 302 g/mol. The van der Waals surface area contributed by atoms with Gasteiger partial charge in [-0.2, -0.15) is 0 Å². The molecule has 18 heavy (non-hydrogen) atoms. The number of hydrogen-bond acceptors (Lipinski definition) is 3. The summed E-state index contributed by atoms with van der Waals surface area (Å²) in [6, 6.07) is 4.50. The fraction of sp³-hybridized carbons (Fsp3) is 0.333. The van der Waals surface area contributed by atoms with E-state index in [1.165, 1.54) is 12.1 Å². The second-order valence-electron chi connectivity index (χ2n) is 3.50. The second kappa shape index (κ2) is 7.00. The van der Waals surface area contributed by atoms with Crippen LogP contribution in [0.3, 0.4) is 0 Å². The third kappa shape index (κ3) is 4.37. The zero-order chi connectivity index (χ0) is 13.5. The van der Waals surface area contributed by atoms with Crippen LogP contribution in [0.5, 0.6) is 5.75 Å². The Morgan fingerprint density at radius 2 is 2.17 bits per heavy atom. The lowest BCUT2D eigenvalue weighted by Crippen LogP contribution is -2.24. The molecule has 1 aromatic rings. The maximum absolute atomic E-state index is 11.2. The van der Waals surface area contributed by atoms with Crippen LogP contribution in [0, 0.1) is 0 Å². The van der Waals surface area contributed by atoms with Gasteiger partial charge in [-0.3, -0.25) is 4.79 Å². The predicted molar refractivity (Wildman–Crippen MR) is 69.9 cm³/mol. The molecule has 0 heterocycles. The molecule has 0 spiro atoms. The molecule has 0 radical (unpaired) electrons. The summed E-state index contributed by atoms with van der Waals surface area (Å²) in [4.78, 5) is 22.0. The topological polar surface area (TPSA) is 75.6 Å². The van der Waals surface area contributed by atoms with E-state index in [2.05, 4.69) is 21.2 Å². The van der Waals surface area contributed by atoms with E-state index in [0.717, 1.165) is 0 Å². The van der Waals surface area contributed by atoms with E-state index in [4.69, 9.17) is 9.84 Å². The monoisotopic (exact) mass is 315 g/mol. The van der Waals surface area contributed by atoms with Crippen LogP contribution >= 0.6 is 15.9 Å². The van der Waals surface area contributed by atoms with Gasteiger partial charge in [0.1, 0.15) is 5.75 Å². The number of carboxylic acids is 1. The van der Waals surface area contributed by atoms with Crippen LogP contribution in [0.2, 0.25) is 0 Å². The largest absolute Gasteiger partial charge is 0.492 e. The number of amides is 1. The molecule has 1 rings (SSSR count). The van der Waals surface area contributed by atoms with E-state index in [0.29, 0.717) is 16.8 Å². The third-order valence-corrected chi connectivity index (χ3v) is 2.79. The molecule has 0 bridgehead atoms. The molecule has 5 nitrogen and oxygen atoms in total. The van der Waals surface area contributed by atoms with E-state index in [9.17, 15) is 9.59 Å². The predicted octanol–water partition coefficient (Wildman–Crippen LogP) is 2.05. The minimum atomic E-state index is -1.02. The summed E-state index contributed by atoms with van der Waals surface area (Å²) in [6.45, 7) is 2.62. The first kappa shape index (κ1) is 14.5. The van der Waals surface area contributed by atoms with Crippen LogP contribution in [0.15, 0.2) is 22.7 Å². The van der Waals surface area contributed by atoms with Crippen molar-refractivity contribution in [2.45, 2.75) is 13.3 Å². The number of rotatable bonds is 6. The summed E-state index contributed by atoms with van der Waals surface area (Å²) >= 11 is 3.26. The molecule has 0 saturated carbocycles. The molecule has 98 valence electrons. The second-order valence-corrected chi connectivity index (χ2v) is 4.36. The summed E-state index contributed by atoms with van der Waals surface area (Å²) in [7, 11) is 0. The average Bonchev–Trinajstić information content (AvgIpc) is 2.31. The Balaban J connectivity index is 2.58. The van der Waals surface area contributed by atoms with Crippen molar-refractivity contribution in [3.8, 4) is 5.75 Å². The van der Waals surface area contributed by atoms with Crippen molar-refractivity contribution in [3.63, 3.8) is 0 Å². The Labute approximate surface area is 113 Å². The highest BCUT2D eigenvalue weighted by molar-refractivity contribution is 9.10. The van der Waals surface area contributed by atoms with Gasteiger partial charge in [0.25, 0.3) is 0 Å². The van der Waals surface area contributed by atoms with Crippen molar-refractivity contribution in [2.75, 3.05) is 13.2 Å². The van der Waals surface area contributed by atoms with Gasteiger partial charge in [-0.05, 0) is 41.1 Å². The lowest BCUT2D eigenvalue weighted by atomic mass is 10.2. The Morgan fingerprint density at radius 1 is 1.44 bits per heavy atom. The number of carbonyl (C=O) groups excluding carboxylic acids is 1. The fourth-order valence-corrected chi connectivity index (χ4v) is 1.65. The molecule has 0 fully saturated rings. The van der Waals surface area contributed by atoms with Gasteiger partial charge in [-0.15, -0.1) is 0 Å². The molecule has 0 aromatic heterocycles. The third-order valence-electron chi connectivity index (χ3n) is 2.14. The summed E-state index contributed by atoms with van der Waals surface area (Å²) < 4.78 is 6.03. The summed E-state index contributed by atoms with van der Waals surface area (Å²) in [5, 5.41) is 11.5.